The third-order valence-corrected chi connectivity index (χ3v) is 9.05. The summed E-state index contributed by atoms with van der Waals surface area (Å²) in [6, 6.07) is 1.87. The molecule has 1 N–H and O–H groups in total. The Bertz CT molecular complexity index is 975. The van der Waals surface area contributed by atoms with Gasteiger partial charge in [0.2, 0.25) is 5.91 Å². The van der Waals surface area contributed by atoms with Gasteiger partial charge >= 0.3 is 5.97 Å². The number of nitrogens with zero attached hydrogens (tertiary/aromatic N) is 1. The maximum atomic E-state index is 14.0. The Hall–Kier alpha value is -1.84. The Balaban J connectivity index is 1.60. The summed E-state index contributed by atoms with van der Waals surface area (Å²) in [5.74, 6) is 6.15. The van der Waals surface area contributed by atoms with E-state index in [2.05, 4.69) is 18.8 Å². The van der Waals surface area contributed by atoms with Gasteiger partial charge in [-0.15, -0.1) is 11.3 Å². The molecule has 3 aliphatic carbocycles. The molecule has 0 aliphatic heterocycles. The van der Waals surface area contributed by atoms with Crippen molar-refractivity contribution in [2.45, 2.75) is 123 Å². The molecule has 3 saturated carbocycles. The highest BCUT2D eigenvalue weighted by molar-refractivity contribution is 7.15. The summed E-state index contributed by atoms with van der Waals surface area (Å²) < 4.78 is 6.39. The van der Waals surface area contributed by atoms with Crippen LogP contribution in [0.5, 0.6) is 0 Å². The van der Waals surface area contributed by atoms with E-state index in [-0.39, 0.29) is 34.3 Å². The minimum absolute atomic E-state index is 0.0106. The van der Waals surface area contributed by atoms with E-state index in [9.17, 15) is 14.7 Å². The van der Waals surface area contributed by atoms with Crippen LogP contribution in [-0.2, 0) is 9.53 Å². The summed E-state index contributed by atoms with van der Waals surface area (Å²) in [6.07, 6.45) is 13.0. The summed E-state index contributed by atoms with van der Waals surface area (Å²) in [5, 5.41) is 10.1. The molecule has 3 fully saturated rings. The number of thiophene rings is 1. The molecule has 0 aromatic carbocycles. The molecule has 36 heavy (non-hydrogen) atoms. The standard InChI is InChI=1S/C30H43NO4S/c1-20-9-11-21(12-10-20)28(32)31(22-13-15-24(16-14-22)35-23-7-5-6-8-23)26-19-25(17-18-30(2,3)4)36-27(26)29(33)34/h19-24H,5-16H2,1-4H3,(H,33,34)/t20-,21-,22-,24+. The first-order valence-electron chi connectivity index (χ1n) is 14.0. The molecule has 198 valence electrons. The van der Waals surface area contributed by atoms with Crippen molar-refractivity contribution in [3.63, 3.8) is 0 Å². The van der Waals surface area contributed by atoms with Crippen LogP contribution in [0.25, 0.3) is 0 Å². The first-order valence-corrected chi connectivity index (χ1v) is 14.8. The molecule has 3 aliphatic rings. The highest BCUT2D eigenvalue weighted by Gasteiger charge is 2.38. The Morgan fingerprint density at radius 1 is 0.972 bits per heavy atom. The predicted octanol–water partition coefficient (Wildman–Crippen LogP) is 7.27. The minimum Gasteiger partial charge on any atom is -0.477 e. The summed E-state index contributed by atoms with van der Waals surface area (Å²) in [5.41, 5.74) is 0.369. The van der Waals surface area contributed by atoms with Gasteiger partial charge in [0.25, 0.3) is 0 Å². The monoisotopic (exact) mass is 513 g/mol. The van der Waals surface area contributed by atoms with Gasteiger partial charge in [-0.3, -0.25) is 4.79 Å². The number of aromatic carboxylic acids is 1. The molecule has 6 heteroatoms. The van der Waals surface area contributed by atoms with E-state index in [0.29, 0.717) is 22.6 Å². The number of hydrogen-bond acceptors (Lipinski definition) is 4. The van der Waals surface area contributed by atoms with Crippen molar-refractivity contribution in [1.82, 2.24) is 0 Å². The van der Waals surface area contributed by atoms with Crippen LogP contribution < -0.4 is 4.90 Å². The second-order valence-corrected chi connectivity index (χ2v) is 13.3. The van der Waals surface area contributed by atoms with E-state index in [1.54, 1.807) is 0 Å². The molecule has 0 spiro atoms. The van der Waals surface area contributed by atoms with Gasteiger partial charge in [-0.25, -0.2) is 4.79 Å². The smallest absolute Gasteiger partial charge is 0.348 e. The molecule has 5 nitrogen and oxygen atoms in total. The molecule has 1 amide bonds. The second-order valence-electron chi connectivity index (χ2n) is 12.3. The fourth-order valence-corrected chi connectivity index (χ4v) is 6.80. The second kappa shape index (κ2) is 11.7. The van der Waals surface area contributed by atoms with E-state index < -0.39 is 5.97 Å². The SMILES string of the molecule is CC(C)(C)C#Cc1cc(N(C(=O)[C@H]2CC[C@H](C)CC2)[C@H]2CC[C@@H](OC3CCCC3)CC2)c(C(=O)O)s1. The largest absolute Gasteiger partial charge is 0.477 e. The van der Waals surface area contributed by atoms with E-state index >= 15 is 0 Å². The van der Waals surface area contributed by atoms with E-state index in [0.717, 1.165) is 51.4 Å². The van der Waals surface area contributed by atoms with Crippen LogP contribution in [0.1, 0.15) is 119 Å². The quantitative estimate of drug-likeness (QED) is 0.406. The third kappa shape index (κ3) is 6.92. The van der Waals surface area contributed by atoms with Gasteiger partial charge in [0.1, 0.15) is 4.88 Å². The lowest BCUT2D eigenvalue weighted by molar-refractivity contribution is -0.124. The van der Waals surface area contributed by atoms with Crippen molar-refractivity contribution < 1.29 is 19.4 Å². The van der Waals surface area contributed by atoms with E-state index in [1.165, 1.54) is 37.0 Å². The maximum Gasteiger partial charge on any atom is 0.348 e. The molecule has 0 unspecified atom stereocenters. The van der Waals surface area contributed by atoms with Crippen LogP contribution >= 0.6 is 11.3 Å². The van der Waals surface area contributed by atoms with Crippen molar-refractivity contribution in [1.29, 1.82) is 0 Å². The van der Waals surface area contributed by atoms with Gasteiger partial charge in [0.15, 0.2) is 0 Å². The van der Waals surface area contributed by atoms with Crippen LogP contribution in [0.4, 0.5) is 5.69 Å². The van der Waals surface area contributed by atoms with Gasteiger partial charge in [-0.2, -0.15) is 0 Å². The molecule has 0 bridgehead atoms. The number of hydrogen-bond donors (Lipinski definition) is 1. The number of anilines is 1. The number of amides is 1. The van der Waals surface area contributed by atoms with Gasteiger partial charge in [0.05, 0.1) is 22.8 Å². The fourth-order valence-electron chi connectivity index (χ4n) is 5.96. The average Bonchev–Trinajstić information content (AvgIpc) is 3.49. The van der Waals surface area contributed by atoms with Gasteiger partial charge in [0, 0.05) is 17.4 Å². The number of carboxylic acids is 1. The molecular formula is C30H43NO4S. The molecule has 0 saturated heterocycles. The fraction of sp³-hybridized carbons (Fsp3) is 0.733. The van der Waals surface area contributed by atoms with Crippen molar-refractivity contribution in [2.24, 2.45) is 17.3 Å². The summed E-state index contributed by atoms with van der Waals surface area (Å²) in [4.78, 5) is 29.2. The topological polar surface area (TPSA) is 66.8 Å². The number of carbonyl (C=O) groups excluding carboxylic acids is 1. The van der Waals surface area contributed by atoms with Gasteiger partial charge in [-0.05, 0) is 97.0 Å². The number of rotatable bonds is 6. The van der Waals surface area contributed by atoms with Gasteiger partial charge < -0.3 is 14.7 Å². The number of carbonyl (C=O) groups is 2. The van der Waals surface area contributed by atoms with E-state index in [4.69, 9.17) is 4.74 Å². The molecule has 1 aromatic heterocycles. The van der Waals surface area contributed by atoms with Crippen molar-refractivity contribution in [2.75, 3.05) is 4.90 Å². The van der Waals surface area contributed by atoms with E-state index in [1.807, 2.05) is 31.7 Å². The lowest BCUT2D eigenvalue weighted by Gasteiger charge is -2.40. The van der Waals surface area contributed by atoms with Crippen LogP contribution in [-0.4, -0.2) is 35.2 Å². The van der Waals surface area contributed by atoms with Crippen molar-refractivity contribution in [3.8, 4) is 11.8 Å². The third-order valence-electron chi connectivity index (χ3n) is 8.03. The van der Waals surface area contributed by atoms with Crippen LogP contribution in [0.3, 0.4) is 0 Å². The Morgan fingerprint density at radius 2 is 1.58 bits per heavy atom. The lowest BCUT2D eigenvalue weighted by Crippen LogP contribution is -2.47. The number of ether oxygens (including phenoxy) is 1. The minimum atomic E-state index is -0.980. The van der Waals surface area contributed by atoms with Crippen molar-refractivity contribution in [3.05, 3.63) is 15.8 Å². The zero-order valence-electron chi connectivity index (χ0n) is 22.5. The average molecular weight is 514 g/mol. The lowest BCUT2D eigenvalue weighted by atomic mass is 9.81. The molecule has 4 rings (SSSR count). The molecule has 0 atom stereocenters. The first kappa shape index (κ1) is 27.2. The molecule has 1 aromatic rings. The van der Waals surface area contributed by atoms with Crippen LogP contribution in [0, 0.1) is 29.1 Å². The highest BCUT2D eigenvalue weighted by atomic mass is 32.1. The molecule has 0 radical (unpaired) electrons. The highest BCUT2D eigenvalue weighted by Crippen LogP contribution is 2.39. The van der Waals surface area contributed by atoms with Crippen LogP contribution in [0.15, 0.2) is 6.07 Å². The molecular weight excluding hydrogens is 470 g/mol. The summed E-state index contributed by atoms with van der Waals surface area (Å²) in [6.45, 7) is 8.38. The summed E-state index contributed by atoms with van der Waals surface area (Å²) >= 11 is 1.20. The Labute approximate surface area is 221 Å². The predicted molar refractivity (Wildman–Crippen MR) is 146 cm³/mol. The normalized spacial score (nSPS) is 27.3. The summed E-state index contributed by atoms with van der Waals surface area (Å²) in [7, 11) is 0. The molecule has 1 heterocycles. The zero-order chi connectivity index (χ0) is 25.9. The maximum absolute atomic E-state index is 14.0. The van der Waals surface area contributed by atoms with Crippen LogP contribution in [0.2, 0.25) is 0 Å². The number of carboxylic acid groups (broad SMARTS) is 1. The Kier molecular flexibility index (Phi) is 8.83. The Morgan fingerprint density at radius 3 is 2.17 bits per heavy atom. The van der Waals surface area contributed by atoms with Crippen molar-refractivity contribution >= 4 is 28.9 Å². The zero-order valence-corrected chi connectivity index (χ0v) is 23.3. The van der Waals surface area contributed by atoms with Gasteiger partial charge in [-0.1, -0.05) is 31.6 Å². The first-order chi connectivity index (χ1) is 17.1.